The molecule has 76 valence electrons. The van der Waals surface area contributed by atoms with Crippen LogP contribution in [0.4, 0.5) is 0 Å². The summed E-state index contributed by atoms with van der Waals surface area (Å²) in [6, 6.07) is 3.62. The molecule has 1 saturated heterocycles. The van der Waals surface area contributed by atoms with Gasteiger partial charge in [0, 0.05) is 0 Å². The van der Waals surface area contributed by atoms with Gasteiger partial charge in [-0.3, -0.25) is 0 Å². The highest BCUT2D eigenvalue weighted by Gasteiger charge is 2.29. The van der Waals surface area contributed by atoms with E-state index in [-0.39, 0.29) is 6.10 Å². The Hall–Kier alpha value is -1.26. The van der Waals surface area contributed by atoms with Crippen LogP contribution in [0.3, 0.4) is 0 Å². The summed E-state index contributed by atoms with van der Waals surface area (Å²) in [6.07, 6.45) is 2.53. The van der Waals surface area contributed by atoms with E-state index in [2.05, 4.69) is 6.58 Å². The van der Waals surface area contributed by atoms with Crippen molar-refractivity contribution in [3.63, 3.8) is 0 Å². The zero-order valence-corrected chi connectivity index (χ0v) is 7.72. The minimum absolute atomic E-state index is 0.0527. The van der Waals surface area contributed by atoms with E-state index in [1.807, 2.05) is 6.07 Å². The molecule has 0 amide bonds. The van der Waals surface area contributed by atoms with Gasteiger partial charge in [0.15, 0.2) is 5.76 Å². The lowest BCUT2D eigenvalue weighted by Gasteiger charge is -2.08. The lowest BCUT2D eigenvalue weighted by atomic mass is 10.4. The lowest BCUT2D eigenvalue weighted by Crippen LogP contribution is -2.16. The maximum Gasteiger partial charge on any atom is 0.217 e. The fourth-order valence-corrected chi connectivity index (χ4v) is 1.29. The lowest BCUT2D eigenvalue weighted by molar-refractivity contribution is -0.0809. The number of ether oxygens (including phenoxy) is 3. The average molecular weight is 196 g/mol. The Labute approximate surface area is 82.1 Å². The van der Waals surface area contributed by atoms with Gasteiger partial charge in [0.1, 0.15) is 12.7 Å². The molecule has 2 unspecified atom stereocenters. The molecule has 0 aromatic carbocycles. The van der Waals surface area contributed by atoms with Crippen LogP contribution in [-0.2, 0) is 14.2 Å². The maximum absolute atomic E-state index is 5.52. The fourth-order valence-electron chi connectivity index (χ4n) is 1.29. The van der Waals surface area contributed by atoms with Crippen molar-refractivity contribution in [2.45, 2.75) is 12.4 Å². The first-order chi connectivity index (χ1) is 6.90. The summed E-state index contributed by atoms with van der Waals surface area (Å²) in [7, 11) is 0. The van der Waals surface area contributed by atoms with Crippen LogP contribution in [-0.4, -0.2) is 19.3 Å². The van der Waals surface area contributed by atoms with Gasteiger partial charge in [-0.25, -0.2) is 0 Å². The molecule has 2 rings (SSSR count). The van der Waals surface area contributed by atoms with Gasteiger partial charge in [-0.05, 0) is 12.1 Å². The summed E-state index contributed by atoms with van der Waals surface area (Å²) in [4.78, 5) is 0. The van der Waals surface area contributed by atoms with Crippen LogP contribution < -0.4 is 0 Å². The molecule has 0 aliphatic carbocycles. The molecule has 0 bridgehead atoms. The molecule has 1 aromatic rings. The Morgan fingerprint density at radius 3 is 3.29 bits per heavy atom. The first kappa shape index (κ1) is 9.30. The minimum atomic E-state index is -0.400. The van der Waals surface area contributed by atoms with Crippen LogP contribution >= 0.6 is 0 Å². The average Bonchev–Trinajstić information content (AvgIpc) is 2.85. The number of hydrogen-bond acceptors (Lipinski definition) is 4. The summed E-state index contributed by atoms with van der Waals surface area (Å²) in [5, 5.41) is 0. The van der Waals surface area contributed by atoms with Crippen molar-refractivity contribution in [3.8, 4) is 0 Å². The van der Waals surface area contributed by atoms with Crippen molar-refractivity contribution >= 4 is 0 Å². The number of furan rings is 1. The van der Waals surface area contributed by atoms with E-state index in [1.54, 1.807) is 12.3 Å². The zero-order chi connectivity index (χ0) is 9.80. The summed E-state index contributed by atoms with van der Waals surface area (Å²) in [5.41, 5.74) is 0. The Kier molecular flexibility index (Phi) is 2.86. The van der Waals surface area contributed by atoms with Crippen molar-refractivity contribution in [2.24, 2.45) is 0 Å². The van der Waals surface area contributed by atoms with E-state index in [4.69, 9.17) is 18.6 Å². The second-order valence-electron chi connectivity index (χ2n) is 2.94. The smallest absolute Gasteiger partial charge is 0.217 e. The van der Waals surface area contributed by atoms with E-state index >= 15 is 0 Å². The van der Waals surface area contributed by atoms with Gasteiger partial charge in [-0.15, -0.1) is 0 Å². The van der Waals surface area contributed by atoms with Crippen LogP contribution in [0.1, 0.15) is 12.1 Å². The minimum Gasteiger partial charge on any atom is -0.499 e. The van der Waals surface area contributed by atoms with Crippen LogP contribution in [0, 0.1) is 0 Å². The summed E-state index contributed by atoms with van der Waals surface area (Å²) in [6.45, 7) is 4.43. The first-order valence-electron chi connectivity index (χ1n) is 4.43. The Morgan fingerprint density at radius 1 is 1.64 bits per heavy atom. The SMILES string of the molecule is C=COCC1COC(c2ccco2)O1. The highest BCUT2D eigenvalue weighted by molar-refractivity contribution is 5.00. The molecule has 1 aliphatic heterocycles. The molecule has 4 heteroatoms. The highest BCUT2D eigenvalue weighted by atomic mass is 16.7. The van der Waals surface area contributed by atoms with Crippen LogP contribution in [0.15, 0.2) is 35.7 Å². The fraction of sp³-hybridized carbons (Fsp3) is 0.400. The molecule has 0 N–H and O–H groups in total. The topological polar surface area (TPSA) is 40.8 Å². The molecule has 0 radical (unpaired) electrons. The third kappa shape index (κ3) is 1.97. The second-order valence-corrected chi connectivity index (χ2v) is 2.94. The first-order valence-corrected chi connectivity index (χ1v) is 4.43. The Balaban J connectivity index is 1.85. The van der Waals surface area contributed by atoms with E-state index in [0.717, 1.165) is 0 Å². The van der Waals surface area contributed by atoms with Gasteiger partial charge >= 0.3 is 0 Å². The predicted octanol–water partition coefficient (Wildman–Crippen LogP) is 1.85. The van der Waals surface area contributed by atoms with Gasteiger partial charge in [0.2, 0.25) is 6.29 Å². The standard InChI is InChI=1S/C10H12O4/c1-2-11-6-8-7-13-10(14-8)9-4-3-5-12-9/h2-5,8,10H,1,6-7H2. The van der Waals surface area contributed by atoms with E-state index in [9.17, 15) is 0 Å². The van der Waals surface area contributed by atoms with Gasteiger partial charge in [0.05, 0.1) is 19.1 Å². The molecule has 0 saturated carbocycles. The van der Waals surface area contributed by atoms with Gasteiger partial charge < -0.3 is 18.6 Å². The van der Waals surface area contributed by atoms with Crippen LogP contribution in [0.5, 0.6) is 0 Å². The quantitative estimate of drug-likeness (QED) is 0.689. The van der Waals surface area contributed by atoms with E-state index < -0.39 is 6.29 Å². The number of hydrogen-bond donors (Lipinski definition) is 0. The normalized spacial score (nSPS) is 26.3. The summed E-state index contributed by atoms with van der Waals surface area (Å²) >= 11 is 0. The molecule has 14 heavy (non-hydrogen) atoms. The van der Waals surface area contributed by atoms with E-state index in [1.165, 1.54) is 6.26 Å². The van der Waals surface area contributed by atoms with Crippen molar-refractivity contribution < 1.29 is 18.6 Å². The van der Waals surface area contributed by atoms with Crippen LogP contribution in [0.2, 0.25) is 0 Å². The van der Waals surface area contributed by atoms with Gasteiger partial charge in [0.25, 0.3) is 0 Å². The Bertz CT molecular complexity index is 280. The molecule has 1 aliphatic rings. The molecule has 1 aromatic heterocycles. The predicted molar refractivity (Wildman–Crippen MR) is 48.4 cm³/mol. The van der Waals surface area contributed by atoms with Crippen LogP contribution in [0.25, 0.3) is 0 Å². The molecule has 1 fully saturated rings. The largest absolute Gasteiger partial charge is 0.499 e. The van der Waals surface area contributed by atoms with Crippen molar-refractivity contribution in [3.05, 3.63) is 37.0 Å². The summed E-state index contributed by atoms with van der Waals surface area (Å²) < 4.78 is 21.1. The van der Waals surface area contributed by atoms with Crippen molar-refractivity contribution in [1.82, 2.24) is 0 Å². The van der Waals surface area contributed by atoms with Crippen molar-refractivity contribution in [2.75, 3.05) is 13.2 Å². The molecule has 2 heterocycles. The second kappa shape index (κ2) is 4.30. The monoisotopic (exact) mass is 196 g/mol. The molecule has 4 nitrogen and oxygen atoms in total. The summed E-state index contributed by atoms with van der Waals surface area (Å²) in [5.74, 6) is 0.686. The van der Waals surface area contributed by atoms with Gasteiger partial charge in [-0.1, -0.05) is 6.58 Å². The third-order valence-corrected chi connectivity index (χ3v) is 1.92. The van der Waals surface area contributed by atoms with E-state index in [0.29, 0.717) is 19.0 Å². The van der Waals surface area contributed by atoms with Crippen molar-refractivity contribution in [1.29, 1.82) is 0 Å². The number of rotatable bonds is 4. The molecule has 2 atom stereocenters. The zero-order valence-electron chi connectivity index (χ0n) is 7.72. The molecular formula is C10H12O4. The van der Waals surface area contributed by atoms with Gasteiger partial charge in [-0.2, -0.15) is 0 Å². The maximum atomic E-state index is 5.52. The molecule has 0 spiro atoms. The highest BCUT2D eigenvalue weighted by Crippen LogP contribution is 2.26. The molecular weight excluding hydrogens is 184 g/mol. The third-order valence-electron chi connectivity index (χ3n) is 1.92. The Morgan fingerprint density at radius 2 is 2.57 bits per heavy atom.